The Bertz CT molecular complexity index is 885. The average molecular weight is 482 g/mol. The predicted molar refractivity (Wildman–Crippen MR) is 113 cm³/mol. The number of hydrogen-bond acceptors (Lipinski definition) is 5. The third-order valence-electron chi connectivity index (χ3n) is 4.88. The van der Waals surface area contributed by atoms with Gasteiger partial charge < -0.3 is 15.3 Å². The lowest BCUT2D eigenvalue weighted by atomic mass is 10.1. The highest BCUT2D eigenvalue weighted by atomic mass is 32.2. The zero-order chi connectivity index (χ0) is 24.5. The summed E-state index contributed by atoms with van der Waals surface area (Å²) in [6.07, 6.45) is -4.14. The topological polar surface area (TPSA) is 107 Å². The first-order valence-electron chi connectivity index (χ1n) is 10.2. The molecule has 2 rings (SSSR count). The minimum atomic E-state index is -5.08. The van der Waals surface area contributed by atoms with Gasteiger partial charge in [0, 0.05) is 45.7 Å². The summed E-state index contributed by atoms with van der Waals surface area (Å²) in [7, 11) is -3.58. The van der Waals surface area contributed by atoms with E-state index in [1.54, 1.807) is 12.1 Å². The van der Waals surface area contributed by atoms with Crippen LogP contribution in [0, 0.1) is 13.8 Å². The van der Waals surface area contributed by atoms with Crippen molar-refractivity contribution in [3.05, 3.63) is 29.3 Å². The highest BCUT2D eigenvalue weighted by Gasteiger charge is 2.38. The summed E-state index contributed by atoms with van der Waals surface area (Å²) in [5.41, 5.74) is 2.02. The van der Waals surface area contributed by atoms with E-state index in [0.717, 1.165) is 24.2 Å². The maximum Gasteiger partial charge on any atom is 0.490 e. The number of hydrogen-bond donors (Lipinski definition) is 2. The summed E-state index contributed by atoms with van der Waals surface area (Å²) in [5, 5.41) is 10.3. The number of nitrogens with zero attached hydrogens (tertiary/aromatic N) is 2. The molecule has 182 valence electrons. The van der Waals surface area contributed by atoms with E-state index in [9.17, 15) is 26.4 Å². The zero-order valence-corrected chi connectivity index (χ0v) is 19.2. The number of aryl methyl sites for hydroxylation is 2. The van der Waals surface area contributed by atoms with Crippen LogP contribution in [0.3, 0.4) is 0 Å². The molecule has 1 aromatic rings. The number of rotatable bonds is 7. The van der Waals surface area contributed by atoms with Crippen LogP contribution in [-0.2, 0) is 19.6 Å². The number of sulfonamides is 1. The van der Waals surface area contributed by atoms with Crippen molar-refractivity contribution in [1.29, 1.82) is 0 Å². The van der Waals surface area contributed by atoms with Crippen molar-refractivity contribution in [3.63, 3.8) is 0 Å². The van der Waals surface area contributed by atoms with Crippen LogP contribution in [0.5, 0.6) is 0 Å². The number of amides is 1. The van der Waals surface area contributed by atoms with Crippen LogP contribution in [-0.4, -0.2) is 80.1 Å². The summed E-state index contributed by atoms with van der Waals surface area (Å²) < 4.78 is 59.1. The molecule has 0 aliphatic carbocycles. The van der Waals surface area contributed by atoms with Crippen LogP contribution in [0.1, 0.15) is 30.9 Å². The molecule has 0 atom stereocenters. The molecule has 0 bridgehead atoms. The van der Waals surface area contributed by atoms with E-state index in [2.05, 4.69) is 5.32 Å². The first-order valence-corrected chi connectivity index (χ1v) is 11.6. The van der Waals surface area contributed by atoms with Crippen molar-refractivity contribution in [2.24, 2.45) is 0 Å². The SMILES string of the molecule is CCCN(CCC(=O)N1CCNCC1)S(=O)(=O)c1ccc(C)c(C)c1.O=C(O)C(F)(F)F. The molecule has 0 radical (unpaired) electrons. The Morgan fingerprint density at radius 2 is 1.69 bits per heavy atom. The summed E-state index contributed by atoms with van der Waals surface area (Å²) in [6, 6.07) is 5.20. The number of nitrogens with one attached hydrogen (secondary N) is 1. The van der Waals surface area contributed by atoms with Gasteiger partial charge >= 0.3 is 12.1 Å². The highest BCUT2D eigenvalue weighted by molar-refractivity contribution is 7.89. The monoisotopic (exact) mass is 481 g/mol. The lowest BCUT2D eigenvalue weighted by Crippen LogP contribution is -2.47. The Labute approximate surface area is 186 Å². The molecule has 1 aromatic carbocycles. The quantitative estimate of drug-likeness (QED) is 0.618. The largest absolute Gasteiger partial charge is 0.490 e. The number of piperazine rings is 1. The van der Waals surface area contributed by atoms with Gasteiger partial charge in [0.25, 0.3) is 0 Å². The van der Waals surface area contributed by atoms with E-state index in [-0.39, 0.29) is 18.9 Å². The van der Waals surface area contributed by atoms with Crippen molar-refractivity contribution in [3.8, 4) is 0 Å². The second-order valence-electron chi connectivity index (χ2n) is 7.33. The van der Waals surface area contributed by atoms with E-state index in [4.69, 9.17) is 9.90 Å². The van der Waals surface area contributed by atoms with Crippen molar-refractivity contribution >= 4 is 21.9 Å². The number of carbonyl (C=O) groups is 2. The lowest BCUT2D eigenvalue weighted by molar-refractivity contribution is -0.192. The lowest BCUT2D eigenvalue weighted by Gasteiger charge is -2.28. The molecule has 32 heavy (non-hydrogen) atoms. The number of aliphatic carboxylic acids is 1. The Hall–Kier alpha value is -2.18. The van der Waals surface area contributed by atoms with Gasteiger partial charge in [-0.2, -0.15) is 17.5 Å². The average Bonchev–Trinajstić information content (AvgIpc) is 2.73. The second kappa shape index (κ2) is 12.2. The number of benzene rings is 1. The first kappa shape index (κ1) is 27.9. The Kier molecular flexibility index (Phi) is 10.6. The fraction of sp³-hybridized carbons (Fsp3) is 0.600. The molecule has 0 spiro atoms. The van der Waals surface area contributed by atoms with Crippen molar-refractivity contribution in [2.45, 2.75) is 44.7 Å². The number of halogens is 3. The number of carbonyl (C=O) groups excluding carboxylic acids is 1. The van der Waals surface area contributed by atoms with Crippen LogP contribution < -0.4 is 5.32 Å². The minimum absolute atomic E-state index is 0.0258. The van der Waals surface area contributed by atoms with Crippen molar-refractivity contribution < 1.29 is 36.3 Å². The molecule has 1 aliphatic heterocycles. The minimum Gasteiger partial charge on any atom is -0.475 e. The molecular weight excluding hydrogens is 451 g/mol. The number of carboxylic acids is 1. The zero-order valence-electron chi connectivity index (χ0n) is 18.4. The van der Waals surface area contributed by atoms with E-state index in [0.29, 0.717) is 31.0 Å². The van der Waals surface area contributed by atoms with Crippen LogP contribution >= 0.6 is 0 Å². The Balaban J connectivity index is 0.000000633. The maximum atomic E-state index is 13.0. The maximum absolute atomic E-state index is 13.0. The van der Waals surface area contributed by atoms with Gasteiger partial charge in [-0.15, -0.1) is 0 Å². The van der Waals surface area contributed by atoms with Crippen molar-refractivity contribution in [2.75, 3.05) is 39.3 Å². The summed E-state index contributed by atoms with van der Waals surface area (Å²) in [5.74, 6) is -2.73. The molecule has 1 fully saturated rings. The molecule has 0 aromatic heterocycles. The van der Waals surface area contributed by atoms with Gasteiger partial charge in [-0.05, 0) is 43.5 Å². The van der Waals surface area contributed by atoms with Gasteiger partial charge in [-0.1, -0.05) is 13.0 Å². The molecular formula is C20H30F3N3O5S. The molecule has 8 nitrogen and oxygen atoms in total. The highest BCUT2D eigenvalue weighted by Crippen LogP contribution is 2.20. The van der Waals surface area contributed by atoms with Gasteiger partial charge in [-0.3, -0.25) is 4.79 Å². The smallest absolute Gasteiger partial charge is 0.475 e. The molecule has 1 heterocycles. The van der Waals surface area contributed by atoms with Gasteiger partial charge in [0.2, 0.25) is 15.9 Å². The Morgan fingerprint density at radius 1 is 1.12 bits per heavy atom. The molecule has 0 saturated carbocycles. The first-order chi connectivity index (χ1) is 14.8. The molecule has 2 N–H and O–H groups in total. The van der Waals surface area contributed by atoms with Gasteiger partial charge in [0.05, 0.1) is 4.90 Å². The Morgan fingerprint density at radius 3 is 2.16 bits per heavy atom. The van der Waals surface area contributed by atoms with Gasteiger partial charge in [0.15, 0.2) is 0 Å². The van der Waals surface area contributed by atoms with Crippen LogP contribution in [0.25, 0.3) is 0 Å². The molecule has 1 saturated heterocycles. The predicted octanol–water partition coefficient (Wildman–Crippen LogP) is 2.16. The molecule has 0 unspecified atom stereocenters. The fourth-order valence-corrected chi connectivity index (χ4v) is 4.54. The summed E-state index contributed by atoms with van der Waals surface area (Å²) in [4.78, 5) is 23.4. The van der Waals surface area contributed by atoms with E-state index < -0.39 is 22.2 Å². The normalized spacial score (nSPS) is 14.7. The standard InChI is InChI=1S/C18H29N3O3S.C2HF3O2/c1-4-10-21(11-7-18(22)20-12-8-19-9-13-20)25(23,24)17-6-5-15(2)16(3)14-17;3-2(4,5)1(6)7/h5-6,14,19H,4,7-13H2,1-3H3;(H,6,7). The number of carboxylic acid groups (broad SMARTS) is 1. The van der Waals surface area contributed by atoms with Crippen LogP contribution in [0.4, 0.5) is 13.2 Å². The van der Waals surface area contributed by atoms with Crippen LogP contribution in [0.15, 0.2) is 23.1 Å². The second-order valence-corrected chi connectivity index (χ2v) is 9.27. The molecule has 1 amide bonds. The summed E-state index contributed by atoms with van der Waals surface area (Å²) >= 11 is 0. The van der Waals surface area contributed by atoms with E-state index in [1.165, 1.54) is 4.31 Å². The third kappa shape index (κ3) is 8.40. The molecule has 1 aliphatic rings. The third-order valence-corrected chi connectivity index (χ3v) is 6.77. The number of alkyl halides is 3. The van der Waals surface area contributed by atoms with Crippen LogP contribution in [0.2, 0.25) is 0 Å². The van der Waals surface area contributed by atoms with Crippen molar-refractivity contribution in [1.82, 2.24) is 14.5 Å². The molecule has 12 heteroatoms. The van der Waals surface area contributed by atoms with E-state index >= 15 is 0 Å². The van der Waals surface area contributed by atoms with Gasteiger partial charge in [0.1, 0.15) is 0 Å². The summed E-state index contributed by atoms with van der Waals surface area (Å²) in [6.45, 7) is 9.44. The van der Waals surface area contributed by atoms with E-state index in [1.807, 2.05) is 31.7 Å². The van der Waals surface area contributed by atoms with Gasteiger partial charge in [-0.25, -0.2) is 13.2 Å². The fourth-order valence-electron chi connectivity index (χ4n) is 2.92.